The van der Waals surface area contributed by atoms with Gasteiger partial charge in [-0.25, -0.2) is 0 Å². The Morgan fingerprint density at radius 1 is 0.744 bits per heavy atom. The number of aliphatic hydroxyl groups excluding tert-OH is 1. The number of unbranched alkanes of at least 4 members (excludes halogenated alkanes) is 13. The standard InChI is InChI=1S/C34H46BrNO3/c1-3-4-5-6-7-8-9-10-11-12-13-14-15-16-25-36-31(27-21-23-29(35)24-22-27)30(33(38)34(36)39)32(37)28-19-17-26(2)18-20-28/h17-24,31,37H,3-16,25H2,1-2H3. The minimum atomic E-state index is -0.605. The van der Waals surface area contributed by atoms with Crippen LogP contribution in [-0.4, -0.2) is 28.2 Å². The van der Waals surface area contributed by atoms with Gasteiger partial charge in [0.25, 0.3) is 11.7 Å². The number of aryl methyl sites for hydroxylation is 1. The van der Waals surface area contributed by atoms with Crippen LogP contribution in [0.15, 0.2) is 58.6 Å². The number of hydrogen-bond acceptors (Lipinski definition) is 3. The van der Waals surface area contributed by atoms with Crippen LogP contribution in [0.2, 0.25) is 0 Å². The number of amides is 1. The van der Waals surface area contributed by atoms with Crippen molar-refractivity contribution in [2.75, 3.05) is 6.54 Å². The molecule has 5 heteroatoms. The van der Waals surface area contributed by atoms with Gasteiger partial charge in [0, 0.05) is 16.6 Å². The number of Topliss-reactive ketones (excluding diaryl/α,β-unsaturated/α-hetero) is 1. The number of benzene rings is 2. The molecule has 1 amide bonds. The largest absolute Gasteiger partial charge is 0.507 e. The summed E-state index contributed by atoms with van der Waals surface area (Å²) in [7, 11) is 0. The third-order valence-corrected chi connectivity index (χ3v) is 8.33. The van der Waals surface area contributed by atoms with E-state index in [0.717, 1.165) is 34.9 Å². The lowest BCUT2D eigenvalue weighted by atomic mass is 9.95. The highest BCUT2D eigenvalue weighted by atomic mass is 79.9. The molecular weight excluding hydrogens is 550 g/mol. The summed E-state index contributed by atoms with van der Waals surface area (Å²) in [4.78, 5) is 28.0. The number of hydrogen-bond donors (Lipinski definition) is 1. The van der Waals surface area contributed by atoms with E-state index in [1.165, 1.54) is 70.6 Å². The average molecular weight is 597 g/mol. The molecule has 0 radical (unpaired) electrons. The third kappa shape index (κ3) is 9.34. The minimum absolute atomic E-state index is 0.107. The van der Waals surface area contributed by atoms with E-state index in [0.29, 0.717) is 12.1 Å². The van der Waals surface area contributed by atoms with E-state index < -0.39 is 17.7 Å². The maximum Gasteiger partial charge on any atom is 0.295 e. The summed E-state index contributed by atoms with van der Waals surface area (Å²) in [5.41, 5.74) is 2.62. The van der Waals surface area contributed by atoms with Crippen LogP contribution in [0.3, 0.4) is 0 Å². The van der Waals surface area contributed by atoms with Gasteiger partial charge in [0.15, 0.2) is 0 Å². The molecule has 2 aromatic rings. The number of halogens is 1. The fraction of sp³-hybridized carbons (Fsp3) is 0.529. The van der Waals surface area contributed by atoms with Crippen LogP contribution in [0, 0.1) is 6.92 Å². The average Bonchev–Trinajstić information content (AvgIpc) is 3.18. The normalized spacial score (nSPS) is 16.8. The molecule has 212 valence electrons. The maximum atomic E-state index is 13.2. The highest BCUT2D eigenvalue weighted by Gasteiger charge is 2.45. The fourth-order valence-electron chi connectivity index (χ4n) is 5.45. The number of rotatable bonds is 17. The smallest absolute Gasteiger partial charge is 0.295 e. The van der Waals surface area contributed by atoms with Gasteiger partial charge >= 0.3 is 0 Å². The molecule has 0 aliphatic carbocycles. The zero-order chi connectivity index (χ0) is 28.0. The Hall–Kier alpha value is -2.40. The first kappa shape index (κ1) is 31.1. The van der Waals surface area contributed by atoms with Crippen LogP contribution >= 0.6 is 15.9 Å². The number of aliphatic hydroxyl groups is 1. The van der Waals surface area contributed by atoms with E-state index in [9.17, 15) is 14.7 Å². The maximum absolute atomic E-state index is 13.2. The van der Waals surface area contributed by atoms with Gasteiger partial charge < -0.3 is 10.0 Å². The van der Waals surface area contributed by atoms with Gasteiger partial charge in [-0.3, -0.25) is 9.59 Å². The SMILES string of the molecule is CCCCCCCCCCCCCCCCN1C(=O)C(=O)C(=C(O)c2ccc(C)cc2)C1c1ccc(Br)cc1. The lowest BCUT2D eigenvalue weighted by Gasteiger charge is -2.25. The van der Waals surface area contributed by atoms with Crippen LogP contribution < -0.4 is 0 Å². The van der Waals surface area contributed by atoms with E-state index >= 15 is 0 Å². The molecule has 1 heterocycles. The molecule has 0 saturated carbocycles. The molecule has 1 atom stereocenters. The molecular formula is C34H46BrNO3. The highest BCUT2D eigenvalue weighted by molar-refractivity contribution is 9.10. The Morgan fingerprint density at radius 3 is 1.74 bits per heavy atom. The Labute approximate surface area is 244 Å². The van der Waals surface area contributed by atoms with Crippen molar-refractivity contribution in [3.05, 3.63) is 75.3 Å². The van der Waals surface area contributed by atoms with Crippen LogP contribution in [0.5, 0.6) is 0 Å². The second kappa shape index (κ2) is 16.6. The summed E-state index contributed by atoms with van der Waals surface area (Å²) in [6.45, 7) is 4.75. The first-order valence-corrected chi connectivity index (χ1v) is 15.8. The lowest BCUT2D eigenvalue weighted by Crippen LogP contribution is -2.30. The first-order chi connectivity index (χ1) is 18.9. The molecule has 0 bridgehead atoms. The number of carbonyl (C=O) groups is 2. The van der Waals surface area contributed by atoms with E-state index in [-0.39, 0.29) is 11.3 Å². The van der Waals surface area contributed by atoms with Crippen molar-refractivity contribution >= 4 is 33.4 Å². The van der Waals surface area contributed by atoms with E-state index in [2.05, 4.69) is 22.9 Å². The molecule has 1 unspecified atom stereocenters. The summed E-state index contributed by atoms with van der Waals surface area (Å²) >= 11 is 3.47. The lowest BCUT2D eigenvalue weighted by molar-refractivity contribution is -0.139. The van der Waals surface area contributed by atoms with Gasteiger partial charge in [-0.2, -0.15) is 0 Å². The van der Waals surface area contributed by atoms with Gasteiger partial charge in [-0.1, -0.05) is 148 Å². The van der Waals surface area contributed by atoms with Gasteiger partial charge in [-0.15, -0.1) is 0 Å². The molecule has 2 aromatic carbocycles. The van der Waals surface area contributed by atoms with Crippen LogP contribution in [0.4, 0.5) is 0 Å². The van der Waals surface area contributed by atoms with Crippen LogP contribution in [0.1, 0.15) is 120 Å². The molecule has 3 rings (SSSR count). The quantitative estimate of drug-likeness (QED) is 0.0856. The van der Waals surface area contributed by atoms with Crippen molar-refractivity contribution in [3.8, 4) is 0 Å². The van der Waals surface area contributed by atoms with E-state index in [4.69, 9.17) is 0 Å². The van der Waals surface area contributed by atoms with Gasteiger partial charge in [-0.05, 0) is 31.0 Å². The Bertz CT molecular complexity index is 1070. The minimum Gasteiger partial charge on any atom is -0.507 e. The number of nitrogens with zero attached hydrogens (tertiary/aromatic N) is 1. The van der Waals surface area contributed by atoms with Gasteiger partial charge in [0.05, 0.1) is 11.6 Å². The van der Waals surface area contributed by atoms with Crippen LogP contribution in [-0.2, 0) is 9.59 Å². The summed E-state index contributed by atoms with van der Waals surface area (Å²) in [5, 5.41) is 11.2. The van der Waals surface area contributed by atoms with Crippen molar-refractivity contribution in [1.29, 1.82) is 0 Å². The van der Waals surface area contributed by atoms with Crippen molar-refractivity contribution < 1.29 is 14.7 Å². The predicted molar refractivity (Wildman–Crippen MR) is 165 cm³/mol. The second-order valence-corrected chi connectivity index (χ2v) is 11.9. The molecule has 1 N–H and O–H groups in total. The predicted octanol–water partition coefficient (Wildman–Crippen LogP) is 9.66. The zero-order valence-electron chi connectivity index (χ0n) is 23.9. The van der Waals surface area contributed by atoms with E-state index in [1.54, 1.807) is 17.0 Å². The van der Waals surface area contributed by atoms with Gasteiger partial charge in [0.2, 0.25) is 0 Å². The number of carbonyl (C=O) groups excluding carboxylic acids is 2. The van der Waals surface area contributed by atoms with Gasteiger partial charge in [0.1, 0.15) is 5.76 Å². The molecule has 39 heavy (non-hydrogen) atoms. The summed E-state index contributed by atoms with van der Waals surface area (Å²) in [6, 6.07) is 14.5. The Morgan fingerprint density at radius 2 is 1.23 bits per heavy atom. The Kier molecular flexibility index (Phi) is 13.3. The topological polar surface area (TPSA) is 57.6 Å². The fourth-order valence-corrected chi connectivity index (χ4v) is 5.71. The summed E-state index contributed by atoms with van der Waals surface area (Å²) < 4.78 is 0.925. The van der Waals surface area contributed by atoms with E-state index in [1.807, 2.05) is 43.3 Å². The second-order valence-electron chi connectivity index (χ2n) is 11.0. The van der Waals surface area contributed by atoms with Crippen molar-refractivity contribution in [2.45, 2.75) is 110 Å². The zero-order valence-corrected chi connectivity index (χ0v) is 25.5. The molecule has 0 aromatic heterocycles. The van der Waals surface area contributed by atoms with Crippen LogP contribution in [0.25, 0.3) is 5.76 Å². The molecule has 4 nitrogen and oxygen atoms in total. The number of likely N-dealkylation sites (tertiary alicyclic amines) is 1. The van der Waals surface area contributed by atoms with Crippen molar-refractivity contribution in [2.24, 2.45) is 0 Å². The summed E-state index contributed by atoms with van der Waals surface area (Å²) in [5.74, 6) is -1.23. The third-order valence-electron chi connectivity index (χ3n) is 7.80. The highest BCUT2D eigenvalue weighted by Crippen LogP contribution is 2.40. The van der Waals surface area contributed by atoms with Crippen molar-refractivity contribution in [1.82, 2.24) is 4.90 Å². The summed E-state index contributed by atoms with van der Waals surface area (Å²) in [6.07, 6.45) is 17.8. The number of ketones is 1. The molecule has 0 spiro atoms. The van der Waals surface area contributed by atoms with Crippen molar-refractivity contribution in [3.63, 3.8) is 0 Å². The molecule has 1 aliphatic heterocycles. The molecule has 1 aliphatic rings. The monoisotopic (exact) mass is 595 g/mol. The Balaban J connectivity index is 1.52. The molecule has 1 saturated heterocycles. The molecule has 1 fully saturated rings. The first-order valence-electron chi connectivity index (χ1n) is 15.0.